The van der Waals surface area contributed by atoms with E-state index in [0.29, 0.717) is 54.7 Å². The summed E-state index contributed by atoms with van der Waals surface area (Å²) >= 11 is 0. The summed E-state index contributed by atoms with van der Waals surface area (Å²) in [6, 6.07) is 10.9. The number of alkyl halides is 1. The molecule has 1 fully saturated rings. The van der Waals surface area contributed by atoms with Crippen LogP contribution in [-0.2, 0) is 4.79 Å². The first-order chi connectivity index (χ1) is 17.9. The molecule has 3 atom stereocenters. The Morgan fingerprint density at radius 1 is 1.24 bits per heavy atom. The lowest BCUT2D eigenvalue weighted by Gasteiger charge is -2.37. The van der Waals surface area contributed by atoms with Gasteiger partial charge in [0, 0.05) is 24.5 Å². The highest BCUT2D eigenvalue weighted by Gasteiger charge is 2.31. The van der Waals surface area contributed by atoms with Crippen LogP contribution in [0.2, 0.25) is 0 Å². The number of nitrogens with zero attached hydrogens (tertiary/aromatic N) is 2. The van der Waals surface area contributed by atoms with Gasteiger partial charge in [-0.3, -0.25) is 14.7 Å². The van der Waals surface area contributed by atoms with Crippen molar-refractivity contribution < 1.29 is 27.8 Å². The molecule has 1 aliphatic rings. The highest BCUT2D eigenvalue weighted by Crippen LogP contribution is 2.36. The van der Waals surface area contributed by atoms with Crippen molar-refractivity contribution >= 4 is 16.9 Å². The molecule has 0 saturated carbocycles. The van der Waals surface area contributed by atoms with Crippen molar-refractivity contribution in [1.82, 2.24) is 9.88 Å². The highest BCUT2D eigenvalue weighted by molar-refractivity contribution is 5.83. The number of piperidine rings is 1. The maximum Gasteiger partial charge on any atom is 0.303 e. The molecule has 2 aromatic carbocycles. The number of aromatic nitrogens is 1. The summed E-state index contributed by atoms with van der Waals surface area (Å²) in [6.07, 6.45) is 1.91. The van der Waals surface area contributed by atoms with Crippen molar-refractivity contribution in [3.8, 4) is 17.6 Å². The van der Waals surface area contributed by atoms with Crippen molar-refractivity contribution in [2.24, 2.45) is 11.8 Å². The van der Waals surface area contributed by atoms with Crippen LogP contribution in [0.3, 0.4) is 0 Å². The fourth-order valence-electron chi connectivity index (χ4n) is 5.04. The summed E-state index contributed by atoms with van der Waals surface area (Å²) in [5.41, 5.74) is 1.24. The largest absolute Gasteiger partial charge is 0.497 e. The second kappa shape index (κ2) is 12.1. The van der Waals surface area contributed by atoms with Gasteiger partial charge in [0.05, 0.1) is 24.7 Å². The molecule has 0 spiro atoms. The van der Waals surface area contributed by atoms with Crippen molar-refractivity contribution in [1.29, 1.82) is 0 Å². The summed E-state index contributed by atoms with van der Waals surface area (Å²) in [4.78, 5) is 17.9. The van der Waals surface area contributed by atoms with Crippen LogP contribution < -0.4 is 4.74 Å². The number of pyridine rings is 1. The first kappa shape index (κ1) is 26.5. The molecule has 4 rings (SSSR count). The number of rotatable bonds is 8. The van der Waals surface area contributed by atoms with Crippen molar-refractivity contribution in [2.45, 2.75) is 31.9 Å². The molecule has 8 heteroatoms. The van der Waals surface area contributed by atoms with E-state index in [4.69, 9.17) is 4.74 Å². The summed E-state index contributed by atoms with van der Waals surface area (Å²) in [5, 5.41) is 10.2. The highest BCUT2D eigenvalue weighted by atomic mass is 19.2. The minimum Gasteiger partial charge on any atom is -0.497 e. The average molecular weight is 511 g/mol. The number of hydrogen-bond donors (Lipinski definition) is 1. The van der Waals surface area contributed by atoms with Gasteiger partial charge in [-0.15, -0.1) is 0 Å². The zero-order chi connectivity index (χ0) is 26.4. The first-order valence-corrected chi connectivity index (χ1v) is 12.3. The van der Waals surface area contributed by atoms with Crippen LogP contribution in [0.15, 0.2) is 48.7 Å². The standard InChI is InChI=1S/C29H29F3N2O3/c1-37-22-8-10-27-24(17-22)23(11-13-33-27)25(30)9-7-19-12-15-34(18-21(19)16-28(35)36)14-3-5-20-4-2-6-26(31)29(20)32/h2,4,6,8,10-11,13,17,19,21,25H,7,9,12,14-16,18H2,1H3,(H,35,36)/t19-,21+,25-/m1/s1. The average Bonchev–Trinajstić information content (AvgIpc) is 2.89. The lowest BCUT2D eigenvalue weighted by atomic mass is 9.79. The van der Waals surface area contributed by atoms with Crippen LogP contribution in [0.25, 0.3) is 10.9 Å². The number of fused-ring (bicyclic) bond motifs is 1. The van der Waals surface area contributed by atoms with Crippen molar-refractivity contribution in [3.63, 3.8) is 0 Å². The van der Waals surface area contributed by atoms with Gasteiger partial charge in [0.2, 0.25) is 0 Å². The number of carboxylic acid groups (broad SMARTS) is 1. The number of aliphatic carboxylic acids is 1. The fraction of sp³-hybridized carbons (Fsp3) is 0.379. The van der Waals surface area contributed by atoms with Crippen LogP contribution in [0.1, 0.15) is 43.0 Å². The Hall–Kier alpha value is -3.57. The van der Waals surface area contributed by atoms with E-state index in [1.807, 2.05) is 4.90 Å². The molecule has 3 aromatic rings. The van der Waals surface area contributed by atoms with E-state index in [1.165, 1.54) is 12.1 Å². The van der Waals surface area contributed by atoms with Gasteiger partial charge < -0.3 is 9.84 Å². The van der Waals surface area contributed by atoms with Crippen LogP contribution in [0, 0.1) is 35.3 Å². The molecule has 0 radical (unpaired) electrons. The predicted molar refractivity (Wildman–Crippen MR) is 135 cm³/mol. The Labute approximate surface area is 214 Å². The minimum atomic E-state index is -1.21. The molecule has 0 unspecified atom stereocenters. The molecule has 0 bridgehead atoms. The van der Waals surface area contributed by atoms with Gasteiger partial charge >= 0.3 is 5.97 Å². The molecule has 37 heavy (non-hydrogen) atoms. The monoisotopic (exact) mass is 510 g/mol. The molecular weight excluding hydrogens is 481 g/mol. The molecular formula is C29H29F3N2O3. The van der Waals surface area contributed by atoms with E-state index in [0.717, 1.165) is 6.07 Å². The third-order valence-electron chi connectivity index (χ3n) is 7.00. The van der Waals surface area contributed by atoms with E-state index in [2.05, 4.69) is 16.8 Å². The molecule has 194 valence electrons. The van der Waals surface area contributed by atoms with Crippen molar-refractivity contribution in [3.05, 3.63) is 71.4 Å². The number of benzene rings is 2. The summed E-state index contributed by atoms with van der Waals surface area (Å²) < 4.78 is 47.9. The molecule has 5 nitrogen and oxygen atoms in total. The maximum atomic E-state index is 15.4. The van der Waals surface area contributed by atoms with Gasteiger partial charge in [-0.1, -0.05) is 17.9 Å². The molecule has 1 aliphatic heterocycles. The van der Waals surface area contributed by atoms with E-state index in [-0.39, 0.29) is 30.2 Å². The topological polar surface area (TPSA) is 62.7 Å². The SMILES string of the molecule is COc1ccc2nccc([C@H](F)CC[C@@H]3CCN(CC#Cc4cccc(F)c4F)C[C@@H]3CC(=O)O)c2c1. The maximum absolute atomic E-state index is 15.4. The molecule has 2 heterocycles. The van der Waals surface area contributed by atoms with Crippen LogP contribution in [0.4, 0.5) is 13.2 Å². The zero-order valence-electron chi connectivity index (χ0n) is 20.6. The molecule has 0 aliphatic carbocycles. The number of hydrogen-bond acceptors (Lipinski definition) is 4. The molecule has 0 amide bonds. The Bertz CT molecular complexity index is 1320. The van der Waals surface area contributed by atoms with Gasteiger partial charge in [0.25, 0.3) is 0 Å². The van der Waals surface area contributed by atoms with Crippen LogP contribution >= 0.6 is 0 Å². The first-order valence-electron chi connectivity index (χ1n) is 12.3. The van der Waals surface area contributed by atoms with Gasteiger partial charge in [-0.05, 0) is 79.6 Å². The van der Waals surface area contributed by atoms with Gasteiger partial charge in [0.15, 0.2) is 11.6 Å². The second-order valence-electron chi connectivity index (χ2n) is 9.37. The van der Waals surface area contributed by atoms with Crippen LogP contribution in [-0.4, -0.2) is 47.7 Å². The van der Waals surface area contributed by atoms with E-state index in [1.54, 1.807) is 37.6 Å². The molecule has 1 saturated heterocycles. The minimum absolute atomic E-state index is 0.00721. The smallest absolute Gasteiger partial charge is 0.303 e. The normalized spacial score (nSPS) is 18.7. The zero-order valence-corrected chi connectivity index (χ0v) is 20.6. The fourth-order valence-corrected chi connectivity index (χ4v) is 5.04. The second-order valence-corrected chi connectivity index (χ2v) is 9.37. The van der Waals surface area contributed by atoms with Crippen LogP contribution in [0.5, 0.6) is 5.75 Å². The van der Waals surface area contributed by atoms with Crippen molar-refractivity contribution in [2.75, 3.05) is 26.7 Å². The van der Waals surface area contributed by atoms with Gasteiger partial charge in [0.1, 0.15) is 11.9 Å². The number of carbonyl (C=O) groups is 1. The third kappa shape index (κ3) is 6.60. The number of likely N-dealkylation sites (tertiary alicyclic amines) is 1. The quantitative estimate of drug-likeness (QED) is 0.390. The summed E-state index contributed by atoms with van der Waals surface area (Å²) in [7, 11) is 1.56. The lowest BCUT2D eigenvalue weighted by molar-refractivity contribution is -0.139. The lowest BCUT2D eigenvalue weighted by Crippen LogP contribution is -2.41. The number of carboxylic acids is 1. The molecule has 1 aromatic heterocycles. The summed E-state index contributed by atoms with van der Waals surface area (Å²) in [5.74, 6) is 3.26. The Morgan fingerprint density at radius 3 is 2.86 bits per heavy atom. The number of methoxy groups -OCH3 is 1. The van der Waals surface area contributed by atoms with Gasteiger partial charge in [-0.25, -0.2) is 13.2 Å². The number of ether oxygens (including phenoxy) is 1. The molecule has 1 N–H and O–H groups in total. The van der Waals surface area contributed by atoms with E-state index in [9.17, 15) is 18.7 Å². The third-order valence-corrected chi connectivity index (χ3v) is 7.00. The van der Waals surface area contributed by atoms with E-state index < -0.39 is 23.8 Å². The van der Waals surface area contributed by atoms with Gasteiger partial charge in [-0.2, -0.15) is 0 Å². The predicted octanol–water partition coefficient (Wildman–Crippen LogP) is 5.78. The Morgan fingerprint density at radius 2 is 2.08 bits per heavy atom. The summed E-state index contributed by atoms with van der Waals surface area (Å²) in [6.45, 7) is 1.49. The van der Waals surface area contributed by atoms with E-state index >= 15 is 4.39 Å². The number of halogens is 3. The Balaban J connectivity index is 1.40. The Kier molecular flexibility index (Phi) is 8.67.